The molecule has 2 aliphatic rings. The second-order valence-electron chi connectivity index (χ2n) is 16.6. The van der Waals surface area contributed by atoms with Gasteiger partial charge in [0.2, 0.25) is 0 Å². The van der Waals surface area contributed by atoms with E-state index in [9.17, 15) is 0 Å². The number of ether oxygens (including phenoxy) is 1. The standard InChI is InChI=1S/C60H37N3O/c1-4-16-39(17-5-1)53-37-54(63-59(62-53)42-20-8-3-9-21-42)40-30-28-38(29-31-40)43-32-35-52-47(36-43)46-33-34-51-58(56(46)57(61-52)41-18-6-2-7-19-41)64-55-27-15-14-26-50(55)60(51)48-24-12-10-22-44(48)45-23-11-13-25-49(45)60/h1-37H. The molecule has 0 atom stereocenters. The van der Waals surface area contributed by atoms with Crippen molar-refractivity contribution in [1.82, 2.24) is 15.0 Å². The zero-order chi connectivity index (χ0) is 42.2. The van der Waals surface area contributed by atoms with E-state index < -0.39 is 5.41 Å². The van der Waals surface area contributed by atoms with Gasteiger partial charge in [-0.05, 0) is 63.0 Å². The molecule has 0 radical (unpaired) electrons. The number of benzene rings is 9. The molecule has 9 aromatic carbocycles. The third kappa shape index (κ3) is 5.46. The second-order valence-corrected chi connectivity index (χ2v) is 16.6. The fraction of sp³-hybridized carbons (Fsp3) is 0.0167. The summed E-state index contributed by atoms with van der Waals surface area (Å²) in [5.74, 6) is 2.41. The predicted molar refractivity (Wildman–Crippen MR) is 259 cm³/mol. The van der Waals surface area contributed by atoms with Crippen LogP contribution in [0, 0.1) is 0 Å². The smallest absolute Gasteiger partial charge is 0.160 e. The zero-order valence-corrected chi connectivity index (χ0v) is 34.6. The number of pyridine rings is 1. The monoisotopic (exact) mass is 815 g/mol. The van der Waals surface area contributed by atoms with Crippen molar-refractivity contribution in [2.24, 2.45) is 0 Å². The number of nitrogens with zero attached hydrogens (tertiary/aromatic N) is 3. The fourth-order valence-corrected chi connectivity index (χ4v) is 10.3. The lowest BCUT2D eigenvalue weighted by atomic mass is 9.65. The first-order valence-electron chi connectivity index (χ1n) is 21.8. The van der Waals surface area contributed by atoms with E-state index in [1.54, 1.807) is 0 Å². The van der Waals surface area contributed by atoms with Crippen LogP contribution in [0.15, 0.2) is 224 Å². The van der Waals surface area contributed by atoms with Gasteiger partial charge in [0.1, 0.15) is 11.5 Å². The van der Waals surface area contributed by atoms with Crippen LogP contribution >= 0.6 is 0 Å². The van der Waals surface area contributed by atoms with E-state index >= 15 is 0 Å². The van der Waals surface area contributed by atoms with Crippen LogP contribution in [0.5, 0.6) is 11.5 Å². The third-order valence-corrected chi connectivity index (χ3v) is 13.2. The molecule has 0 N–H and O–H groups in total. The maximum Gasteiger partial charge on any atom is 0.160 e. The van der Waals surface area contributed by atoms with Crippen molar-refractivity contribution in [2.45, 2.75) is 5.41 Å². The molecule has 1 spiro atoms. The van der Waals surface area contributed by atoms with Crippen LogP contribution in [0.4, 0.5) is 0 Å². The fourth-order valence-electron chi connectivity index (χ4n) is 10.3. The van der Waals surface area contributed by atoms with Gasteiger partial charge in [-0.1, -0.05) is 200 Å². The van der Waals surface area contributed by atoms with Gasteiger partial charge in [0.25, 0.3) is 0 Å². The summed E-state index contributed by atoms with van der Waals surface area (Å²) in [6.07, 6.45) is 0. The molecule has 13 rings (SSSR count). The van der Waals surface area contributed by atoms with Gasteiger partial charge in [0.05, 0.1) is 33.4 Å². The first kappa shape index (κ1) is 36.2. The minimum Gasteiger partial charge on any atom is -0.456 e. The quantitative estimate of drug-likeness (QED) is 0.162. The maximum absolute atomic E-state index is 7.21. The van der Waals surface area contributed by atoms with Gasteiger partial charge in [0.15, 0.2) is 5.82 Å². The summed E-state index contributed by atoms with van der Waals surface area (Å²) < 4.78 is 7.21. The van der Waals surface area contributed by atoms with Crippen LogP contribution in [-0.4, -0.2) is 15.0 Å². The van der Waals surface area contributed by atoms with Crippen molar-refractivity contribution in [3.63, 3.8) is 0 Å². The zero-order valence-electron chi connectivity index (χ0n) is 34.6. The summed E-state index contributed by atoms with van der Waals surface area (Å²) in [6, 6.07) is 79.4. The highest BCUT2D eigenvalue weighted by Gasteiger charge is 2.51. The number of fused-ring (bicyclic) bond motifs is 13. The van der Waals surface area contributed by atoms with Crippen LogP contribution in [0.1, 0.15) is 22.3 Å². The molecule has 11 aromatic rings. The summed E-state index contributed by atoms with van der Waals surface area (Å²) in [5.41, 5.74) is 16.6. The van der Waals surface area contributed by atoms with Crippen LogP contribution < -0.4 is 4.74 Å². The normalized spacial score (nSPS) is 12.9. The van der Waals surface area contributed by atoms with Crippen molar-refractivity contribution in [3.05, 3.63) is 247 Å². The minimum atomic E-state index is -0.578. The van der Waals surface area contributed by atoms with E-state index in [-0.39, 0.29) is 0 Å². The number of para-hydroxylation sites is 1. The molecule has 0 saturated heterocycles. The van der Waals surface area contributed by atoms with Crippen molar-refractivity contribution in [3.8, 4) is 78.9 Å². The average molecular weight is 816 g/mol. The van der Waals surface area contributed by atoms with Gasteiger partial charge in [-0.2, -0.15) is 0 Å². The van der Waals surface area contributed by atoms with Gasteiger partial charge in [-0.15, -0.1) is 0 Å². The Kier molecular flexibility index (Phi) is 8.09. The van der Waals surface area contributed by atoms with Crippen LogP contribution in [0.2, 0.25) is 0 Å². The molecular formula is C60H37N3O. The van der Waals surface area contributed by atoms with Crippen LogP contribution in [0.25, 0.3) is 89.1 Å². The molecule has 1 aliphatic carbocycles. The lowest BCUT2D eigenvalue weighted by Gasteiger charge is -2.40. The highest BCUT2D eigenvalue weighted by molar-refractivity contribution is 6.15. The minimum absolute atomic E-state index is 0.578. The van der Waals surface area contributed by atoms with E-state index in [4.69, 9.17) is 19.7 Å². The molecule has 4 nitrogen and oxygen atoms in total. The van der Waals surface area contributed by atoms with E-state index in [0.717, 1.165) is 94.8 Å². The third-order valence-electron chi connectivity index (χ3n) is 13.2. The SMILES string of the molecule is c1ccc(-c2cc(-c3ccc(-c4ccc5nc(-c6ccccc6)c6c7c(ccc6c5c4)C4(c5ccccc5O7)c5ccccc5-c5ccccc54)cc3)nc(-c3ccccc3)n2)cc1. The maximum atomic E-state index is 7.21. The van der Waals surface area contributed by atoms with Gasteiger partial charge in [-0.25, -0.2) is 15.0 Å². The van der Waals surface area contributed by atoms with Crippen molar-refractivity contribution >= 4 is 21.7 Å². The second kappa shape index (κ2) is 14.3. The molecule has 0 amide bonds. The summed E-state index contributed by atoms with van der Waals surface area (Å²) in [6.45, 7) is 0. The Morgan fingerprint density at radius 1 is 0.344 bits per heavy atom. The highest BCUT2D eigenvalue weighted by Crippen LogP contribution is 2.63. The van der Waals surface area contributed by atoms with E-state index in [1.807, 2.05) is 36.4 Å². The Morgan fingerprint density at radius 3 is 1.55 bits per heavy atom. The summed E-state index contributed by atoms with van der Waals surface area (Å²) in [4.78, 5) is 15.6. The van der Waals surface area contributed by atoms with E-state index in [2.05, 4.69) is 188 Å². The van der Waals surface area contributed by atoms with Crippen molar-refractivity contribution < 1.29 is 4.74 Å². The number of rotatable bonds is 5. The summed E-state index contributed by atoms with van der Waals surface area (Å²) in [5, 5.41) is 3.17. The predicted octanol–water partition coefficient (Wildman–Crippen LogP) is 15.0. The molecule has 298 valence electrons. The molecule has 0 saturated carbocycles. The molecule has 4 heteroatoms. The molecule has 0 bridgehead atoms. The number of hydrogen-bond donors (Lipinski definition) is 0. The summed E-state index contributed by atoms with van der Waals surface area (Å²) in [7, 11) is 0. The first-order chi connectivity index (χ1) is 31.7. The Balaban J connectivity index is 0.994. The number of aromatic nitrogens is 3. The molecule has 0 unspecified atom stereocenters. The average Bonchev–Trinajstić information content (AvgIpc) is 3.67. The van der Waals surface area contributed by atoms with Crippen molar-refractivity contribution in [2.75, 3.05) is 0 Å². The van der Waals surface area contributed by atoms with Crippen LogP contribution in [0.3, 0.4) is 0 Å². The Labute approximate surface area is 370 Å². The Morgan fingerprint density at radius 2 is 0.875 bits per heavy atom. The van der Waals surface area contributed by atoms with Gasteiger partial charge in [-0.3, -0.25) is 0 Å². The first-order valence-corrected chi connectivity index (χ1v) is 21.8. The van der Waals surface area contributed by atoms with Gasteiger partial charge < -0.3 is 4.74 Å². The molecule has 1 aliphatic heterocycles. The van der Waals surface area contributed by atoms with E-state index in [1.165, 1.54) is 22.3 Å². The summed E-state index contributed by atoms with van der Waals surface area (Å²) >= 11 is 0. The largest absolute Gasteiger partial charge is 0.456 e. The van der Waals surface area contributed by atoms with E-state index in [0.29, 0.717) is 5.82 Å². The lowest BCUT2D eigenvalue weighted by Crippen LogP contribution is -2.32. The topological polar surface area (TPSA) is 47.9 Å². The Hall–Kier alpha value is -8.47. The van der Waals surface area contributed by atoms with Gasteiger partial charge >= 0.3 is 0 Å². The lowest BCUT2D eigenvalue weighted by molar-refractivity contribution is 0.442. The van der Waals surface area contributed by atoms with Crippen molar-refractivity contribution in [1.29, 1.82) is 0 Å². The number of hydrogen-bond acceptors (Lipinski definition) is 4. The van der Waals surface area contributed by atoms with Gasteiger partial charge in [0, 0.05) is 38.8 Å². The highest BCUT2D eigenvalue weighted by atomic mass is 16.5. The Bertz CT molecular complexity index is 3520. The molecule has 2 aromatic heterocycles. The molecular weight excluding hydrogens is 779 g/mol. The molecule has 0 fully saturated rings. The molecule has 64 heavy (non-hydrogen) atoms. The molecule has 3 heterocycles. The van der Waals surface area contributed by atoms with Crippen LogP contribution in [-0.2, 0) is 5.41 Å².